The number of thiophene rings is 1. The minimum atomic E-state index is -0.422. The van der Waals surface area contributed by atoms with Gasteiger partial charge in [-0.3, -0.25) is 10.1 Å². The Hall–Kier alpha value is -3.19. The van der Waals surface area contributed by atoms with Crippen LogP contribution < -0.4 is 5.32 Å². The summed E-state index contributed by atoms with van der Waals surface area (Å²) in [6, 6.07) is 18.0. The van der Waals surface area contributed by atoms with Gasteiger partial charge in [-0.15, -0.1) is 11.3 Å². The van der Waals surface area contributed by atoms with Crippen LogP contribution in [-0.4, -0.2) is 15.8 Å². The summed E-state index contributed by atoms with van der Waals surface area (Å²) >= 11 is 1.60. The lowest BCUT2D eigenvalue weighted by Gasteiger charge is -2.19. The average Bonchev–Trinajstić information content (AvgIpc) is 3.21. The maximum atomic E-state index is 10.8. The Balaban J connectivity index is 1.83. The minimum absolute atomic E-state index is 0.0467. The molecule has 0 bridgehead atoms. The van der Waals surface area contributed by atoms with Gasteiger partial charge in [-0.2, -0.15) is 0 Å². The Kier molecular flexibility index (Phi) is 5.83. The lowest BCUT2D eigenvalue weighted by Crippen LogP contribution is -2.15. The van der Waals surface area contributed by atoms with Gasteiger partial charge in [0, 0.05) is 29.1 Å². The molecular formula is C20H19N3O3S. The van der Waals surface area contributed by atoms with Gasteiger partial charge in [-0.05, 0) is 36.1 Å². The van der Waals surface area contributed by atoms with Gasteiger partial charge in [-0.25, -0.2) is 0 Å². The second-order valence-electron chi connectivity index (χ2n) is 6.13. The van der Waals surface area contributed by atoms with Crippen molar-refractivity contribution >= 4 is 28.4 Å². The van der Waals surface area contributed by atoms with Crippen molar-refractivity contribution in [3.8, 4) is 0 Å². The number of oxime groups is 1. The summed E-state index contributed by atoms with van der Waals surface area (Å²) in [6.45, 7) is 2.00. The molecule has 1 aromatic heterocycles. The zero-order chi connectivity index (χ0) is 19.2. The summed E-state index contributed by atoms with van der Waals surface area (Å²) in [6.07, 6.45) is 0.469. The number of nitro groups is 1. The first-order valence-electron chi connectivity index (χ1n) is 8.39. The van der Waals surface area contributed by atoms with Gasteiger partial charge in [0.1, 0.15) is 0 Å². The van der Waals surface area contributed by atoms with Crippen molar-refractivity contribution in [1.29, 1.82) is 0 Å². The van der Waals surface area contributed by atoms with Crippen molar-refractivity contribution in [1.82, 2.24) is 0 Å². The minimum Gasteiger partial charge on any atom is -0.411 e. The highest BCUT2D eigenvalue weighted by atomic mass is 32.1. The van der Waals surface area contributed by atoms with Gasteiger partial charge in [0.05, 0.1) is 16.7 Å². The normalized spacial score (nSPS) is 12.6. The zero-order valence-corrected chi connectivity index (χ0v) is 15.5. The Morgan fingerprint density at radius 3 is 2.44 bits per heavy atom. The first-order valence-corrected chi connectivity index (χ1v) is 9.27. The van der Waals surface area contributed by atoms with Gasteiger partial charge in [-0.1, -0.05) is 41.1 Å². The molecule has 3 rings (SSSR count). The number of nitro benzene ring substituents is 1. The topological polar surface area (TPSA) is 87.8 Å². The van der Waals surface area contributed by atoms with Crippen molar-refractivity contribution < 1.29 is 10.1 Å². The van der Waals surface area contributed by atoms with Crippen LogP contribution in [0.4, 0.5) is 11.4 Å². The molecule has 2 aromatic carbocycles. The predicted octanol–water partition coefficient (Wildman–Crippen LogP) is 5.39. The van der Waals surface area contributed by atoms with E-state index in [0.29, 0.717) is 12.1 Å². The molecule has 0 saturated carbocycles. The third-order valence-corrected chi connectivity index (χ3v) is 5.19. The molecule has 7 heteroatoms. The fraction of sp³-hybridized carbons (Fsp3) is 0.150. The molecule has 0 aliphatic heterocycles. The van der Waals surface area contributed by atoms with E-state index in [0.717, 1.165) is 21.7 Å². The third kappa shape index (κ3) is 4.71. The fourth-order valence-corrected chi connectivity index (χ4v) is 3.53. The van der Waals surface area contributed by atoms with Crippen molar-refractivity contribution in [2.45, 2.75) is 19.4 Å². The zero-order valence-electron chi connectivity index (χ0n) is 14.7. The number of nitrogens with one attached hydrogen (secondary N) is 1. The molecule has 0 spiro atoms. The smallest absolute Gasteiger partial charge is 0.269 e. The van der Waals surface area contributed by atoms with Gasteiger partial charge >= 0.3 is 0 Å². The van der Waals surface area contributed by atoms with Crippen molar-refractivity contribution in [2.75, 3.05) is 5.32 Å². The van der Waals surface area contributed by atoms with E-state index >= 15 is 0 Å². The molecule has 6 nitrogen and oxygen atoms in total. The van der Waals surface area contributed by atoms with Crippen LogP contribution in [0.1, 0.15) is 28.5 Å². The fourth-order valence-electron chi connectivity index (χ4n) is 2.75. The third-order valence-electron chi connectivity index (χ3n) is 4.21. The maximum Gasteiger partial charge on any atom is 0.269 e. The largest absolute Gasteiger partial charge is 0.411 e. The Morgan fingerprint density at radius 2 is 1.89 bits per heavy atom. The summed E-state index contributed by atoms with van der Waals surface area (Å²) in [5.74, 6) is 0. The lowest BCUT2D eigenvalue weighted by atomic mass is 10.0. The van der Waals surface area contributed by atoms with E-state index in [9.17, 15) is 15.3 Å². The Bertz CT molecular complexity index is 920. The number of anilines is 1. The van der Waals surface area contributed by atoms with Crippen LogP contribution in [0.3, 0.4) is 0 Å². The number of rotatable bonds is 7. The molecule has 3 aromatic rings. The molecule has 1 heterocycles. The summed E-state index contributed by atoms with van der Waals surface area (Å²) in [5.41, 5.74) is 3.37. The van der Waals surface area contributed by atoms with Gasteiger partial charge in [0.2, 0.25) is 0 Å². The van der Waals surface area contributed by atoms with Crippen LogP contribution >= 0.6 is 11.3 Å². The first kappa shape index (κ1) is 18.6. The number of hydrogen-bond donors (Lipinski definition) is 2. The van der Waals surface area contributed by atoms with Gasteiger partial charge in [0.25, 0.3) is 5.69 Å². The van der Waals surface area contributed by atoms with Crippen molar-refractivity contribution in [3.63, 3.8) is 0 Å². The van der Waals surface area contributed by atoms with E-state index in [-0.39, 0.29) is 11.7 Å². The molecule has 138 valence electrons. The van der Waals surface area contributed by atoms with E-state index < -0.39 is 4.92 Å². The lowest BCUT2D eigenvalue weighted by molar-refractivity contribution is -0.384. The van der Waals surface area contributed by atoms with Crippen LogP contribution in [0.15, 0.2) is 71.2 Å². The standard InChI is InChI=1S/C20H19N3O3S/c1-14-4-6-15(7-5-14)18(22-24)13-19(20-3-2-12-27-20)21-16-8-10-17(11-9-16)23(25)26/h2-12,19,21,24H,13H2,1H3/b22-18-. The summed E-state index contributed by atoms with van der Waals surface area (Å²) in [4.78, 5) is 11.5. The number of non-ortho nitro benzene ring substituents is 1. The number of aryl methyl sites for hydroxylation is 1. The highest BCUT2D eigenvalue weighted by Gasteiger charge is 2.18. The van der Waals surface area contributed by atoms with E-state index in [1.807, 2.05) is 48.7 Å². The molecule has 0 fully saturated rings. The van der Waals surface area contributed by atoms with Crippen LogP contribution in [0.5, 0.6) is 0 Å². The highest BCUT2D eigenvalue weighted by molar-refractivity contribution is 7.10. The van der Waals surface area contributed by atoms with Crippen LogP contribution in [-0.2, 0) is 0 Å². The van der Waals surface area contributed by atoms with E-state index in [2.05, 4.69) is 10.5 Å². The molecule has 0 saturated heterocycles. The van der Waals surface area contributed by atoms with Gasteiger partial charge in [0.15, 0.2) is 0 Å². The second-order valence-corrected chi connectivity index (χ2v) is 7.11. The molecular weight excluding hydrogens is 362 g/mol. The highest BCUT2D eigenvalue weighted by Crippen LogP contribution is 2.29. The van der Waals surface area contributed by atoms with Crippen LogP contribution in [0.25, 0.3) is 0 Å². The number of benzene rings is 2. The van der Waals surface area contributed by atoms with E-state index in [4.69, 9.17) is 0 Å². The van der Waals surface area contributed by atoms with Crippen LogP contribution in [0.2, 0.25) is 0 Å². The molecule has 2 N–H and O–H groups in total. The number of hydrogen-bond acceptors (Lipinski definition) is 6. The molecule has 0 radical (unpaired) electrons. The SMILES string of the molecule is Cc1ccc(/C(CC(Nc2ccc([N+](=O)[O-])cc2)c2cccs2)=N\O)cc1. The maximum absolute atomic E-state index is 10.8. The summed E-state index contributed by atoms with van der Waals surface area (Å²) in [5, 5.41) is 29.3. The molecule has 0 aliphatic rings. The Morgan fingerprint density at radius 1 is 1.19 bits per heavy atom. The Labute approximate surface area is 160 Å². The number of nitrogens with zero attached hydrogens (tertiary/aromatic N) is 2. The van der Waals surface area contributed by atoms with Crippen LogP contribution in [0, 0.1) is 17.0 Å². The predicted molar refractivity (Wildman–Crippen MR) is 108 cm³/mol. The molecule has 1 atom stereocenters. The monoisotopic (exact) mass is 381 g/mol. The summed E-state index contributed by atoms with van der Waals surface area (Å²) < 4.78 is 0. The van der Waals surface area contributed by atoms with Gasteiger partial charge < -0.3 is 10.5 Å². The molecule has 0 amide bonds. The average molecular weight is 381 g/mol. The van der Waals surface area contributed by atoms with E-state index in [1.54, 1.807) is 23.5 Å². The second kappa shape index (κ2) is 8.46. The van der Waals surface area contributed by atoms with Crippen molar-refractivity contribution in [3.05, 3.63) is 92.2 Å². The molecule has 0 aliphatic carbocycles. The van der Waals surface area contributed by atoms with E-state index in [1.165, 1.54) is 12.1 Å². The molecule has 1 unspecified atom stereocenters. The summed E-state index contributed by atoms with van der Waals surface area (Å²) in [7, 11) is 0. The molecule has 27 heavy (non-hydrogen) atoms. The quantitative estimate of drug-likeness (QED) is 0.249. The van der Waals surface area contributed by atoms with Crippen molar-refractivity contribution in [2.24, 2.45) is 5.16 Å². The first-order chi connectivity index (χ1) is 13.1.